The summed E-state index contributed by atoms with van der Waals surface area (Å²) in [7, 11) is 0. The van der Waals surface area contributed by atoms with Gasteiger partial charge >= 0.3 is 0 Å². The van der Waals surface area contributed by atoms with E-state index in [1.807, 2.05) is 6.92 Å². The van der Waals surface area contributed by atoms with Crippen LogP contribution in [0.5, 0.6) is 0 Å². The van der Waals surface area contributed by atoms with Gasteiger partial charge in [-0.1, -0.05) is 6.92 Å². The van der Waals surface area contributed by atoms with Gasteiger partial charge in [-0.25, -0.2) is 9.97 Å². The molecule has 0 radical (unpaired) electrons. The van der Waals surface area contributed by atoms with Crippen LogP contribution in [-0.2, 0) is 13.0 Å². The lowest BCUT2D eigenvalue weighted by Gasteiger charge is -2.12. The largest absolute Gasteiger partial charge is 0.383 e. The molecule has 0 bridgehead atoms. The highest BCUT2D eigenvalue weighted by molar-refractivity contribution is 7.10. The minimum atomic E-state index is 0.520. The lowest BCUT2D eigenvalue weighted by atomic mass is 10.2. The molecule has 20 heavy (non-hydrogen) atoms. The van der Waals surface area contributed by atoms with Crippen molar-refractivity contribution in [2.45, 2.75) is 45.6 Å². The molecule has 0 aliphatic heterocycles. The minimum absolute atomic E-state index is 0.520. The van der Waals surface area contributed by atoms with Crippen molar-refractivity contribution in [1.29, 1.82) is 0 Å². The quantitative estimate of drug-likeness (QED) is 0.884. The molecule has 0 spiro atoms. The van der Waals surface area contributed by atoms with Crippen LogP contribution in [0.25, 0.3) is 0 Å². The van der Waals surface area contributed by atoms with Crippen LogP contribution in [0.15, 0.2) is 11.4 Å². The monoisotopic (exact) mass is 288 g/mol. The molecule has 0 amide bonds. The first-order chi connectivity index (χ1) is 9.69. The predicted molar refractivity (Wildman–Crippen MR) is 84.2 cm³/mol. The molecule has 1 fully saturated rings. The van der Waals surface area contributed by atoms with E-state index in [-0.39, 0.29) is 0 Å². The maximum atomic E-state index is 6.00. The Morgan fingerprint density at radius 3 is 2.90 bits per heavy atom. The van der Waals surface area contributed by atoms with E-state index in [0.717, 1.165) is 30.2 Å². The molecule has 2 heterocycles. The molecule has 3 N–H and O–H groups in total. The highest BCUT2D eigenvalue weighted by Crippen LogP contribution is 2.39. The number of aromatic nitrogens is 2. The number of nitrogens with two attached hydrogens (primary N) is 1. The summed E-state index contributed by atoms with van der Waals surface area (Å²) < 4.78 is 0. The molecule has 0 unspecified atom stereocenters. The summed E-state index contributed by atoms with van der Waals surface area (Å²) in [6.07, 6.45) is 3.44. The molecule has 1 aliphatic rings. The van der Waals surface area contributed by atoms with Crippen molar-refractivity contribution in [2.24, 2.45) is 0 Å². The Morgan fingerprint density at radius 1 is 1.40 bits per heavy atom. The van der Waals surface area contributed by atoms with Crippen LogP contribution in [0.2, 0.25) is 0 Å². The van der Waals surface area contributed by atoms with Crippen molar-refractivity contribution < 1.29 is 0 Å². The van der Waals surface area contributed by atoms with Gasteiger partial charge in [-0.05, 0) is 43.2 Å². The van der Waals surface area contributed by atoms with Crippen LogP contribution >= 0.6 is 11.3 Å². The molecule has 0 saturated heterocycles. The maximum Gasteiger partial charge on any atom is 0.136 e. The van der Waals surface area contributed by atoms with Crippen LogP contribution in [-0.4, -0.2) is 9.97 Å². The Labute approximate surface area is 123 Å². The molecular formula is C15H20N4S. The second kappa shape index (κ2) is 5.40. The van der Waals surface area contributed by atoms with E-state index in [0.29, 0.717) is 11.7 Å². The van der Waals surface area contributed by atoms with Gasteiger partial charge in [-0.2, -0.15) is 0 Å². The number of nitrogens with zero attached hydrogens (tertiary/aromatic N) is 2. The van der Waals surface area contributed by atoms with E-state index in [4.69, 9.17) is 5.73 Å². The number of aryl methyl sites for hydroxylation is 1. The lowest BCUT2D eigenvalue weighted by Crippen LogP contribution is -2.09. The van der Waals surface area contributed by atoms with E-state index in [1.165, 1.54) is 23.3 Å². The van der Waals surface area contributed by atoms with Crippen LogP contribution in [0.3, 0.4) is 0 Å². The van der Waals surface area contributed by atoms with Crippen molar-refractivity contribution in [2.75, 3.05) is 11.1 Å². The topological polar surface area (TPSA) is 63.8 Å². The first-order valence-corrected chi connectivity index (χ1v) is 8.00. The van der Waals surface area contributed by atoms with E-state index in [9.17, 15) is 0 Å². The third-order valence-electron chi connectivity index (χ3n) is 3.78. The van der Waals surface area contributed by atoms with Crippen LogP contribution in [0.4, 0.5) is 11.6 Å². The van der Waals surface area contributed by atoms with Crippen molar-refractivity contribution in [1.82, 2.24) is 9.97 Å². The molecule has 1 saturated carbocycles. The molecule has 2 aromatic heterocycles. The molecule has 1 aliphatic carbocycles. The molecule has 5 heteroatoms. The second-order valence-electron chi connectivity index (χ2n) is 5.29. The van der Waals surface area contributed by atoms with Gasteiger partial charge in [0.1, 0.15) is 17.5 Å². The summed E-state index contributed by atoms with van der Waals surface area (Å²) in [5.41, 5.74) is 8.36. The predicted octanol–water partition coefficient (Wildman–Crippen LogP) is 3.48. The number of hydrogen-bond donors (Lipinski definition) is 2. The highest BCUT2D eigenvalue weighted by Gasteiger charge is 2.27. The number of nitrogen functional groups attached to an aromatic ring is 1. The van der Waals surface area contributed by atoms with E-state index >= 15 is 0 Å². The third kappa shape index (κ3) is 2.63. The lowest BCUT2D eigenvalue weighted by molar-refractivity contribution is 0.917. The summed E-state index contributed by atoms with van der Waals surface area (Å²) in [4.78, 5) is 10.4. The molecular weight excluding hydrogens is 268 g/mol. The maximum absolute atomic E-state index is 6.00. The Bertz CT molecular complexity index is 616. The van der Waals surface area contributed by atoms with Gasteiger partial charge in [-0.15, -0.1) is 11.3 Å². The van der Waals surface area contributed by atoms with E-state index in [2.05, 4.69) is 33.7 Å². The Hall–Kier alpha value is -1.62. The standard InChI is InChI=1S/C15H20N4S/c1-3-10-6-7-20-12(10)8-17-14-9(2)13(16)18-15(19-14)11-4-5-11/h6-7,11H,3-5,8H2,1-2H3,(H3,16,17,18,19). The number of thiophene rings is 1. The van der Waals surface area contributed by atoms with Gasteiger partial charge in [0.25, 0.3) is 0 Å². The summed E-state index contributed by atoms with van der Waals surface area (Å²) in [6, 6.07) is 2.19. The van der Waals surface area contributed by atoms with Crippen molar-refractivity contribution in [3.63, 3.8) is 0 Å². The normalized spacial score (nSPS) is 14.5. The molecule has 0 aromatic carbocycles. The fourth-order valence-electron chi connectivity index (χ4n) is 2.25. The van der Waals surface area contributed by atoms with Crippen LogP contribution < -0.4 is 11.1 Å². The molecule has 0 atom stereocenters. The smallest absolute Gasteiger partial charge is 0.136 e. The number of anilines is 2. The van der Waals surface area contributed by atoms with Crippen LogP contribution in [0, 0.1) is 6.92 Å². The van der Waals surface area contributed by atoms with Crippen molar-refractivity contribution in [3.05, 3.63) is 33.3 Å². The first kappa shape index (κ1) is 13.4. The average Bonchev–Trinajstić information content (AvgIpc) is 3.19. The summed E-state index contributed by atoms with van der Waals surface area (Å²) in [6.45, 7) is 4.97. The zero-order chi connectivity index (χ0) is 14.1. The summed E-state index contributed by atoms with van der Waals surface area (Å²) in [5.74, 6) is 2.91. The number of rotatable bonds is 5. The molecule has 2 aromatic rings. The summed E-state index contributed by atoms with van der Waals surface area (Å²) in [5, 5.41) is 5.58. The van der Waals surface area contributed by atoms with E-state index in [1.54, 1.807) is 11.3 Å². The minimum Gasteiger partial charge on any atom is -0.383 e. The zero-order valence-corrected chi connectivity index (χ0v) is 12.8. The summed E-state index contributed by atoms with van der Waals surface area (Å²) >= 11 is 1.79. The molecule has 106 valence electrons. The Balaban J connectivity index is 1.79. The Kier molecular flexibility index (Phi) is 3.61. The van der Waals surface area contributed by atoms with Crippen molar-refractivity contribution in [3.8, 4) is 0 Å². The molecule has 3 rings (SSSR count). The van der Waals surface area contributed by atoms with Gasteiger partial charge < -0.3 is 11.1 Å². The second-order valence-corrected chi connectivity index (χ2v) is 6.29. The number of hydrogen-bond acceptors (Lipinski definition) is 5. The van der Waals surface area contributed by atoms with E-state index < -0.39 is 0 Å². The average molecular weight is 288 g/mol. The zero-order valence-electron chi connectivity index (χ0n) is 11.9. The Morgan fingerprint density at radius 2 is 2.20 bits per heavy atom. The van der Waals surface area contributed by atoms with Gasteiger partial charge in [0.05, 0.1) is 6.54 Å². The fraction of sp³-hybridized carbons (Fsp3) is 0.467. The van der Waals surface area contributed by atoms with Gasteiger partial charge in [0.2, 0.25) is 0 Å². The third-order valence-corrected chi connectivity index (χ3v) is 4.74. The SMILES string of the molecule is CCc1ccsc1CNc1nc(C2CC2)nc(N)c1C. The van der Waals surface area contributed by atoms with Gasteiger partial charge in [-0.3, -0.25) is 0 Å². The van der Waals surface area contributed by atoms with Crippen LogP contribution in [0.1, 0.15) is 47.5 Å². The highest BCUT2D eigenvalue weighted by atomic mass is 32.1. The first-order valence-electron chi connectivity index (χ1n) is 7.12. The van der Waals surface area contributed by atoms with Gasteiger partial charge in [0.15, 0.2) is 0 Å². The fourth-order valence-corrected chi connectivity index (χ4v) is 3.17. The number of nitrogens with one attached hydrogen (secondary N) is 1. The molecule has 4 nitrogen and oxygen atoms in total. The van der Waals surface area contributed by atoms with Crippen molar-refractivity contribution >= 4 is 23.0 Å². The van der Waals surface area contributed by atoms with Gasteiger partial charge in [0, 0.05) is 16.4 Å².